The molecule has 2 aromatic heterocycles. The zero-order valence-corrected chi connectivity index (χ0v) is 17.1. The van der Waals surface area contributed by atoms with Gasteiger partial charge in [-0.1, -0.05) is 32.0 Å². The van der Waals surface area contributed by atoms with E-state index in [-0.39, 0.29) is 11.7 Å². The van der Waals surface area contributed by atoms with Gasteiger partial charge in [-0.05, 0) is 32.4 Å². The van der Waals surface area contributed by atoms with Gasteiger partial charge in [0.15, 0.2) is 5.78 Å². The largest absolute Gasteiger partial charge is 0.443 e. The number of fused-ring (bicyclic) bond motifs is 1. The molecule has 3 rings (SSSR count). The molecular formula is C21H24N2O3S. The van der Waals surface area contributed by atoms with Crippen molar-refractivity contribution in [3.05, 3.63) is 52.1 Å². The molecule has 0 bridgehead atoms. The van der Waals surface area contributed by atoms with Gasteiger partial charge in [0.2, 0.25) is 0 Å². The van der Waals surface area contributed by atoms with Gasteiger partial charge in [-0.25, -0.2) is 9.78 Å². The van der Waals surface area contributed by atoms with E-state index in [9.17, 15) is 9.59 Å². The Kier molecular flexibility index (Phi) is 5.20. The van der Waals surface area contributed by atoms with Crippen molar-refractivity contribution >= 4 is 34.1 Å². The molecule has 0 amide bonds. The summed E-state index contributed by atoms with van der Waals surface area (Å²) >= 11 is 1.48. The molecule has 142 valence electrons. The van der Waals surface area contributed by atoms with Crippen LogP contribution < -0.4 is 0 Å². The highest BCUT2D eigenvalue weighted by Gasteiger charge is 2.24. The van der Waals surface area contributed by atoms with Gasteiger partial charge in [0.1, 0.15) is 16.3 Å². The lowest BCUT2D eigenvalue weighted by Crippen LogP contribution is -2.26. The molecular weight excluding hydrogens is 360 g/mol. The number of nitrogens with zero attached hydrogens (tertiary/aromatic N) is 2. The van der Waals surface area contributed by atoms with Gasteiger partial charge in [0, 0.05) is 29.3 Å². The summed E-state index contributed by atoms with van der Waals surface area (Å²) < 4.78 is 7.10. The molecule has 3 aromatic rings. The summed E-state index contributed by atoms with van der Waals surface area (Å²) in [6.45, 7) is 9.42. The first-order valence-corrected chi connectivity index (χ1v) is 9.91. The molecule has 0 saturated carbocycles. The summed E-state index contributed by atoms with van der Waals surface area (Å²) in [6.07, 6.45) is 1.86. The minimum atomic E-state index is -0.570. The maximum atomic E-state index is 12.7. The Morgan fingerprint density at radius 2 is 1.96 bits per heavy atom. The van der Waals surface area contributed by atoms with Crippen molar-refractivity contribution in [1.82, 2.24) is 9.55 Å². The number of rotatable bonds is 4. The van der Waals surface area contributed by atoms with Crippen molar-refractivity contribution in [3.8, 4) is 0 Å². The van der Waals surface area contributed by atoms with Gasteiger partial charge in [-0.3, -0.25) is 9.36 Å². The van der Waals surface area contributed by atoms with Crippen LogP contribution in [0.25, 0.3) is 10.9 Å². The van der Waals surface area contributed by atoms with Gasteiger partial charge < -0.3 is 4.74 Å². The zero-order chi connectivity index (χ0) is 19.8. The van der Waals surface area contributed by atoms with E-state index in [1.165, 1.54) is 11.3 Å². The van der Waals surface area contributed by atoms with Crippen molar-refractivity contribution < 1.29 is 14.3 Å². The smallest absolute Gasteiger partial charge is 0.419 e. The van der Waals surface area contributed by atoms with E-state index < -0.39 is 11.7 Å². The summed E-state index contributed by atoms with van der Waals surface area (Å²) in [4.78, 5) is 29.1. The predicted molar refractivity (Wildman–Crippen MR) is 108 cm³/mol. The second-order valence-electron chi connectivity index (χ2n) is 7.52. The van der Waals surface area contributed by atoms with E-state index >= 15 is 0 Å². The van der Waals surface area contributed by atoms with Crippen LogP contribution in [0.2, 0.25) is 0 Å². The van der Waals surface area contributed by atoms with E-state index in [0.717, 1.165) is 21.5 Å². The van der Waals surface area contributed by atoms with Crippen LogP contribution in [0.15, 0.2) is 35.8 Å². The molecule has 6 heteroatoms. The molecule has 5 nitrogen and oxygen atoms in total. The average molecular weight is 385 g/mol. The highest BCUT2D eigenvalue weighted by Crippen LogP contribution is 2.34. The molecule has 0 N–H and O–H groups in total. The van der Waals surface area contributed by atoms with Gasteiger partial charge in [0.05, 0.1) is 5.52 Å². The van der Waals surface area contributed by atoms with Crippen molar-refractivity contribution in [2.24, 2.45) is 0 Å². The summed E-state index contributed by atoms with van der Waals surface area (Å²) in [7, 11) is 0. The maximum Gasteiger partial charge on any atom is 0.419 e. The topological polar surface area (TPSA) is 61.2 Å². The summed E-state index contributed by atoms with van der Waals surface area (Å²) in [6, 6.07) is 7.75. The normalized spacial score (nSPS) is 12.9. The fraction of sp³-hybridized carbons (Fsp3) is 0.381. The Balaban J connectivity index is 2.03. The monoisotopic (exact) mass is 384 g/mol. The Bertz CT molecular complexity index is 994. The molecule has 0 spiro atoms. The van der Waals surface area contributed by atoms with Gasteiger partial charge in [-0.15, -0.1) is 11.3 Å². The van der Waals surface area contributed by atoms with Gasteiger partial charge >= 0.3 is 6.09 Å². The van der Waals surface area contributed by atoms with Crippen LogP contribution in [-0.2, 0) is 4.74 Å². The highest BCUT2D eigenvalue weighted by atomic mass is 32.1. The summed E-state index contributed by atoms with van der Waals surface area (Å²) in [5.74, 6) is 0.00266. The van der Waals surface area contributed by atoms with Crippen LogP contribution in [0.1, 0.15) is 68.0 Å². The molecule has 2 heterocycles. The number of carbonyl (C=O) groups is 2. The number of aromatic nitrogens is 2. The number of hydrogen-bond acceptors (Lipinski definition) is 5. The minimum absolute atomic E-state index is 0.0398. The molecule has 27 heavy (non-hydrogen) atoms. The number of thiazole rings is 1. The van der Waals surface area contributed by atoms with Gasteiger partial charge in [-0.2, -0.15) is 0 Å². The fourth-order valence-electron chi connectivity index (χ4n) is 2.94. The van der Waals surface area contributed by atoms with Crippen molar-refractivity contribution in [1.29, 1.82) is 0 Å². The van der Waals surface area contributed by atoms with Crippen LogP contribution in [-0.4, -0.2) is 27.0 Å². The third-order valence-corrected chi connectivity index (χ3v) is 5.33. The Morgan fingerprint density at radius 3 is 2.63 bits per heavy atom. The number of hydrogen-bond donors (Lipinski definition) is 0. The number of ketones is 1. The van der Waals surface area contributed by atoms with Crippen molar-refractivity contribution in [2.45, 2.75) is 52.6 Å². The van der Waals surface area contributed by atoms with E-state index in [1.807, 2.05) is 70.5 Å². The maximum absolute atomic E-state index is 12.7. The van der Waals surface area contributed by atoms with Crippen molar-refractivity contribution in [2.75, 3.05) is 0 Å². The summed E-state index contributed by atoms with van der Waals surface area (Å²) in [5.41, 5.74) is 1.73. The molecule has 0 fully saturated rings. The molecule has 0 aliphatic heterocycles. The SMILES string of the molecule is CCC(=O)c1csc(C(C)c2cn(C(=O)OC(C)(C)C)c3ccccc23)n1. The standard InChI is InChI=1S/C21H24N2O3S/c1-6-18(24)16-12-27-19(22-16)13(2)15-11-23(20(25)26-21(3,4)5)17-10-8-7-9-14(15)17/h7-13H,6H2,1-5H3. The van der Waals surface area contributed by atoms with E-state index in [1.54, 1.807) is 4.57 Å². The molecule has 1 atom stereocenters. The second kappa shape index (κ2) is 7.27. The second-order valence-corrected chi connectivity index (χ2v) is 8.41. The molecule has 0 aliphatic carbocycles. The molecule has 1 unspecified atom stereocenters. The molecule has 1 aromatic carbocycles. The highest BCUT2D eigenvalue weighted by molar-refractivity contribution is 7.10. The number of benzene rings is 1. The fourth-order valence-corrected chi connectivity index (χ4v) is 3.84. The number of ether oxygens (including phenoxy) is 1. The van der Waals surface area contributed by atoms with Crippen LogP contribution in [0.4, 0.5) is 4.79 Å². The summed E-state index contributed by atoms with van der Waals surface area (Å²) in [5, 5.41) is 3.65. The molecule has 0 radical (unpaired) electrons. The quantitative estimate of drug-likeness (QED) is 0.547. The average Bonchev–Trinajstić information content (AvgIpc) is 3.24. The lowest BCUT2D eigenvalue weighted by Gasteiger charge is -2.19. The number of carbonyl (C=O) groups excluding carboxylic acids is 2. The molecule has 0 saturated heterocycles. The van der Waals surface area contributed by atoms with Crippen LogP contribution in [0, 0.1) is 0 Å². The predicted octanol–water partition coefficient (Wildman–Crippen LogP) is 5.63. The first-order valence-electron chi connectivity index (χ1n) is 9.03. The Labute approximate surface area is 163 Å². The minimum Gasteiger partial charge on any atom is -0.443 e. The Morgan fingerprint density at radius 1 is 1.26 bits per heavy atom. The van der Waals surface area contributed by atoms with Crippen molar-refractivity contribution in [3.63, 3.8) is 0 Å². The number of para-hydroxylation sites is 1. The van der Waals surface area contributed by atoms with Crippen LogP contribution in [0.3, 0.4) is 0 Å². The molecule has 0 aliphatic rings. The lowest BCUT2D eigenvalue weighted by atomic mass is 10.0. The van der Waals surface area contributed by atoms with E-state index in [4.69, 9.17) is 4.74 Å². The van der Waals surface area contributed by atoms with Crippen LogP contribution >= 0.6 is 11.3 Å². The first kappa shape index (κ1) is 19.3. The van der Waals surface area contributed by atoms with E-state index in [2.05, 4.69) is 4.98 Å². The third-order valence-electron chi connectivity index (χ3n) is 4.30. The van der Waals surface area contributed by atoms with E-state index in [0.29, 0.717) is 12.1 Å². The van der Waals surface area contributed by atoms with Gasteiger partial charge in [0.25, 0.3) is 0 Å². The third kappa shape index (κ3) is 3.95. The number of Topliss-reactive ketones (excluding diaryl/α,β-unsaturated/α-hetero) is 1. The first-order chi connectivity index (χ1) is 12.7. The lowest BCUT2D eigenvalue weighted by molar-refractivity contribution is 0.0544. The zero-order valence-electron chi connectivity index (χ0n) is 16.3. The van der Waals surface area contributed by atoms with Crippen LogP contribution in [0.5, 0.6) is 0 Å². The Hall–Kier alpha value is -2.47.